The molecule has 1 amide bonds. The van der Waals surface area contributed by atoms with Gasteiger partial charge >= 0.3 is 5.69 Å². The van der Waals surface area contributed by atoms with E-state index in [4.69, 9.17) is 4.74 Å². The first-order chi connectivity index (χ1) is 8.51. The lowest BCUT2D eigenvalue weighted by molar-refractivity contribution is -0.121. The molecule has 0 radical (unpaired) electrons. The van der Waals surface area contributed by atoms with Gasteiger partial charge in [-0.3, -0.25) is 14.6 Å². The van der Waals surface area contributed by atoms with Gasteiger partial charge in [0.2, 0.25) is 5.91 Å². The van der Waals surface area contributed by atoms with E-state index in [0.29, 0.717) is 0 Å². The standard InChI is InChI=1S/C10H15N3O5/c1-18-5-7(14)4-11-8(15)2-6-3-9(16)13-10(17)12-6/h3,7,14H,2,4-5H2,1H3,(H,11,15)(H2,12,13,16,17). The Hall–Kier alpha value is -1.93. The van der Waals surface area contributed by atoms with Crippen LogP contribution in [0.3, 0.4) is 0 Å². The molecule has 1 unspecified atom stereocenters. The second kappa shape index (κ2) is 6.72. The summed E-state index contributed by atoms with van der Waals surface area (Å²) in [5, 5.41) is 11.8. The van der Waals surface area contributed by atoms with E-state index >= 15 is 0 Å². The van der Waals surface area contributed by atoms with Crippen LogP contribution in [0, 0.1) is 0 Å². The van der Waals surface area contributed by atoms with Crippen molar-refractivity contribution in [2.45, 2.75) is 12.5 Å². The molecule has 0 aliphatic heterocycles. The highest BCUT2D eigenvalue weighted by molar-refractivity contribution is 5.78. The molecule has 18 heavy (non-hydrogen) atoms. The van der Waals surface area contributed by atoms with Crippen LogP contribution in [0.1, 0.15) is 5.69 Å². The third-order valence-electron chi connectivity index (χ3n) is 2.06. The highest BCUT2D eigenvalue weighted by atomic mass is 16.5. The quantitative estimate of drug-likeness (QED) is 0.457. The number of ether oxygens (including phenoxy) is 1. The van der Waals surface area contributed by atoms with Crippen LogP contribution in [0.5, 0.6) is 0 Å². The van der Waals surface area contributed by atoms with E-state index in [9.17, 15) is 19.5 Å². The zero-order valence-corrected chi connectivity index (χ0v) is 9.86. The van der Waals surface area contributed by atoms with Crippen molar-refractivity contribution in [1.29, 1.82) is 0 Å². The molecule has 1 aromatic heterocycles. The summed E-state index contributed by atoms with van der Waals surface area (Å²) in [6.07, 6.45) is -0.934. The molecular weight excluding hydrogens is 242 g/mol. The number of amides is 1. The molecule has 0 aromatic carbocycles. The zero-order chi connectivity index (χ0) is 13.5. The number of aromatic amines is 2. The van der Waals surface area contributed by atoms with Gasteiger partial charge in [0.05, 0.1) is 19.1 Å². The summed E-state index contributed by atoms with van der Waals surface area (Å²) in [6, 6.07) is 1.13. The molecule has 8 heteroatoms. The maximum atomic E-state index is 11.4. The number of hydrogen-bond donors (Lipinski definition) is 4. The minimum absolute atomic E-state index is 0.0418. The van der Waals surface area contributed by atoms with Crippen molar-refractivity contribution in [3.63, 3.8) is 0 Å². The van der Waals surface area contributed by atoms with Gasteiger partial charge < -0.3 is 20.1 Å². The van der Waals surface area contributed by atoms with Gasteiger partial charge in [-0.1, -0.05) is 0 Å². The lowest BCUT2D eigenvalue weighted by atomic mass is 10.2. The van der Waals surface area contributed by atoms with Gasteiger partial charge in [-0.2, -0.15) is 0 Å². The fraction of sp³-hybridized carbons (Fsp3) is 0.500. The number of carbonyl (C=O) groups is 1. The van der Waals surface area contributed by atoms with Crippen molar-refractivity contribution in [2.24, 2.45) is 0 Å². The van der Waals surface area contributed by atoms with Gasteiger partial charge in [0.25, 0.3) is 5.56 Å². The fourth-order valence-electron chi connectivity index (χ4n) is 1.33. The number of rotatable bonds is 6. The molecule has 1 atom stereocenters. The number of methoxy groups -OCH3 is 1. The summed E-state index contributed by atoms with van der Waals surface area (Å²) in [6.45, 7) is 0.155. The predicted molar refractivity (Wildman–Crippen MR) is 62.3 cm³/mol. The van der Waals surface area contributed by atoms with E-state index in [2.05, 4.69) is 10.3 Å². The highest BCUT2D eigenvalue weighted by Crippen LogP contribution is 1.89. The number of H-pyrrole nitrogens is 2. The number of nitrogens with one attached hydrogen (secondary N) is 3. The smallest absolute Gasteiger partial charge is 0.325 e. The molecule has 0 fully saturated rings. The van der Waals surface area contributed by atoms with Crippen molar-refractivity contribution in [1.82, 2.24) is 15.3 Å². The SMILES string of the molecule is COCC(O)CNC(=O)Cc1cc(=O)[nH]c(=O)[nH]1. The van der Waals surface area contributed by atoms with E-state index in [1.807, 2.05) is 4.98 Å². The number of hydrogen-bond acceptors (Lipinski definition) is 5. The summed E-state index contributed by atoms with van der Waals surface area (Å²) in [5.74, 6) is -0.411. The number of aliphatic hydroxyl groups is 1. The molecule has 0 saturated carbocycles. The summed E-state index contributed by atoms with van der Waals surface area (Å²) >= 11 is 0. The van der Waals surface area contributed by atoms with Crippen LogP contribution in [0.15, 0.2) is 15.7 Å². The lowest BCUT2D eigenvalue weighted by Crippen LogP contribution is -2.36. The van der Waals surface area contributed by atoms with Crippen LogP contribution in [0.4, 0.5) is 0 Å². The Labute approximate surface area is 102 Å². The molecule has 0 bridgehead atoms. The van der Waals surface area contributed by atoms with Gasteiger partial charge in [-0.05, 0) is 0 Å². The Balaban J connectivity index is 2.49. The van der Waals surface area contributed by atoms with Crippen LogP contribution < -0.4 is 16.6 Å². The fourth-order valence-corrected chi connectivity index (χ4v) is 1.33. The van der Waals surface area contributed by atoms with Gasteiger partial charge in [0, 0.05) is 25.4 Å². The third-order valence-corrected chi connectivity index (χ3v) is 2.06. The van der Waals surface area contributed by atoms with Crippen LogP contribution in [-0.2, 0) is 16.0 Å². The van der Waals surface area contributed by atoms with Crippen LogP contribution in [0.2, 0.25) is 0 Å². The first-order valence-electron chi connectivity index (χ1n) is 5.27. The normalized spacial score (nSPS) is 12.1. The molecular formula is C10H15N3O5. The Morgan fingerprint density at radius 1 is 1.50 bits per heavy atom. The topological polar surface area (TPSA) is 124 Å². The molecule has 1 rings (SSSR count). The molecule has 0 aliphatic rings. The molecule has 8 nitrogen and oxygen atoms in total. The largest absolute Gasteiger partial charge is 0.389 e. The summed E-state index contributed by atoms with van der Waals surface area (Å²) < 4.78 is 4.69. The number of aromatic nitrogens is 2. The Morgan fingerprint density at radius 2 is 2.22 bits per heavy atom. The molecule has 0 saturated heterocycles. The van der Waals surface area contributed by atoms with Gasteiger partial charge in [0.15, 0.2) is 0 Å². The minimum atomic E-state index is -0.794. The van der Waals surface area contributed by atoms with Crippen LogP contribution in [0.25, 0.3) is 0 Å². The average molecular weight is 257 g/mol. The van der Waals surface area contributed by atoms with Crippen molar-refractivity contribution in [3.8, 4) is 0 Å². The van der Waals surface area contributed by atoms with Gasteiger partial charge in [-0.25, -0.2) is 4.79 Å². The van der Waals surface area contributed by atoms with Crippen molar-refractivity contribution in [3.05, 3.63) is 32.6 Å². The second-order valence-corrected chi connectivity index (χ2v) is 3.70. The Morgan fingerprint density at radius 3 is 2.83 bits per heavy atom. The van der Waals surface area contributed by atoms with Crippen molar-refractivity contribution in [2.75, 3.05) is 20.3 Å². The van der Waals surface area contributed by atoms with E-state index in [0.717, 1.165) is 6.07 Å². The molecule has 4 N–H and O–H groups in total. The third kappa shape index (κ3) is 4.93. The molecule has 0 spiro atoms. The summed E-state index contributed by atoms with van der Waals surface area (Å²) in [5.41, 5.74) is -1.02. The maximum absolute atomic E-state index is 11.4. The van der Waals surface area contributed by atoms with E-state index in [1.165, 1.54) is 7.11 Å². The minimum Gasteiger partial charge on any atom is -0.389 e. The van der Waals surface area contributed by atoms with Crippen LogP contribution >= 0.6 is 0 Å². The maximum Gasteiger partial charge on any atom is 0.325 e. The van der Waals surface area contributed by atoms with E-state index in [1.54, 1.807) is 0 Å². The van der Waals surface area contributed by atoms with Crippen molar-refractivity contribution >= 4 is 5.91 Å². The molecule has 1 aromatic rings. The van der Waals surface area contributed by atoms with Gasteiger partial charge in [0.1, 0.15) is 0 Å². The van der Waals surface area contributed by atoms with Gasteiger partial charge in [-0.15, -0.1) is 0 Å². The van der Waals surface area contributed by atoms with E-state index < -0.39 is 23.3 Å². The van der Waals surface area contributed by atoms with E-state index in [-0.39, 0.29) is 25.3 Å². The molecule has 1 heterocycles. The summed E-state index contributed by atoms with van der Waals surface area (Å²) in [7, 11) is 1.44. The first kappa shape index (κ1) is 14.1. The summed E-state index contributed by atoms with van der Waals surface area (Å²) in [4.78, 5) is 37.7. The Bertz CT molecular complexity index is 478. The zero-order valence-electron chi connectivity index (χ0n) is 9.86. The molecule has 100 valence electrons. The van der Waals surface area contributed by atoms with Crippen molar-refractivity contribution < 1.29 is 14.6 Å². The highest BCUT2D eigenvalue weighted by Gasteiger charge is 2.08. The first-order valence-corrected chi connectivity index (χ1v) is 5.27. The monoisotopic (exact) mass is 257 g/mol. The van der Waals surface area contributed by atoms with Crippen LogP contribution in [-0.4, -0.2) is 47.3 Å². The average Bonchev–Trinajstić information content (AvgIpc) is 2.25. The predicted octanol–water partition coefficient (Wildman–Crippen LogP) is -2.27. The second-order valence-electron chi connectivity index (χ2n) is 3.70. The number of aliphatic hydroxyl groups excluding tert-OH is 1. The molecule has 0 aliphatic carbocycles. The lowest BCUT2D eigenvalue weighted by Gasteiger charge is -2.10. The Kier molecular flexibility index (Phi) is 5.28. The number of carbonyl (C=O) groups excluding carboxylic acids is 1.